The van der Waals surface area contributed by atoms with Gasteiger partial charge in [-0.15, -0.1) is 0 Å². The van der Waals surface area contributed by atoms with Crippen LogP contribution in [0.1, 0.15) is 16.7 Å². The van der Waals surface area contributed by atoms with Crippen LogP contribution in [0.3, 0.4) is 0 Å². The molecular weight excluding hydrogens is 482 g/mol. The van der Waals surface area contributed by atoms with E-state index in [2.05, 4.69) is 0 Å². The van der Waals surface area contributed by atoms with E-state index in [0.717, 1.165) is 18.2 Å². The molecule has 0 radical (unpaired) electrons. The average molecular weight is 494 g/mol. The zero-order valence-electron chi connectivity index (χ0n) is 14.3. The van der Waals surface area contributed by atoms with Gasteiger partial charge < -0.3 is 10.2 Å². The fourth-order valence-corrected chi connectivity index (χ4v) is 5.35. The second-order valence-corrected chi connectivity index (χ2v) is 9.30. The van der Waals surface area contributed by atoms with Crippen LogP contribution in [-0.2, 0) is 14.9 Å². The molecule has 0 bridgehead atoms. The number of hydrogen-bond acceptors (Lipinski definition) is 4. The largest absolute Gasteiger partial charge is 0.508 e. The molecule has 10 heteroatoms. The zero-order valence-corrected chi connectivity index (χ0v) is 18.1. The van der Waals surface area contributed by atoms with Crippen molar-refractivity contribution in [2.24, 2.45) is 0 Å². The lowest BCUT2D eigenvalue weighted by Crippen LogP contribution is -2.38. The van der Waals surface area contributed by atoms with Gasteiger partial charge in [0.2, 0.25) is 0 Å². The maximum atomic E-state index is 13.0. The summed E-state index contributed by atoms with van der Waals surface area (Å²) < 4.78 is 33.9. The summed E-state index contributed by atoms with van der Waals surface area (Å²) in [5, 5.41) is 21.1. The van der Waals surface area contributed by atoms with E-state index in [1.807, 2.05) is 0 Å². The molecule has 1 atom stereocenters. The number of hydrogen-bond donors (Lipinski definition) is 3. The maximum absolute atomic E-state index is 13.0. The summed E-state index contributed by atoms with van der Waals surface area (Å²) in [5.74, 6) is -1.09. The molecule has 0 fully saturated rings. The SMILES string of the molecule is O=S(=O)(O)C(c1ccc(Cl)cc1)(c1cc(Cl)ccc1O)c1c(O)ccc(Cl)c1Cl. The van der Waals surface area contributed by atoms with Crippen molar-refractivity contribution in [1.82, 2.24) is 0 Å². The summed E-state index contributed by atoms with van der Waals surface area (Å²) >= 11 is 24.4. The predicted molar refractivity (Wildman–Crippen MR) is 114 cm³/mol. The topological polar surface area (TPSA) is 94.8 Å². The number of benzene rings is 3. The summed E-state index contributed by atoms with van der Waals surface area (Å²) in [6.45, 7) is 0. The molecule has 29 heavy (non-hydrogen) atoms. The molecule has 0 aromatic heterocycles. The van der Waals surface area contributed by atoms with Gasteiger partial charge in [-0.1, -0.05) is 58.5 Å². The highest BCUT2D eigenvalue weighted by molar-refractivity contribution is 7.87. The number of phenolic OH excluding ortho intramolecular Hbond substituents is 2. The minimum Gasteiger partial charge on any atom is -0.508 e. The molecule has 3 rings (SSSR count). The minimum atomic E-state index is -5.16. The number of phenols is 2. The van der Waals surface area contributed by atoms with Gasteiger partial charge >= 0.3 is 0 Å². The number of halogens is 4. The van der Waals surface area contributed by atoms with Crippen molar-refractivity contribution in [2.45, 2.75) is 4.75 Å². The highest BCUT2D eigenvalue weighted by Gasteiger charge is 2.53. The fraction of sp³-hybridized carbons (Fsp3) is 0.0526. The van der Waals surface area contributed by atoms with E-state index < -0.39 is 31.9 Å². The lowest BCUT2D eigenvalue weighted by atomic mass is 9.83. The van der Waals surface area contributed by atoms with E-state index >= 15 is 0 Å². The Morgan fingerprint density at radius 1 is 0.759 bits per heavy atom. The smallest absolute Gasteiger partial charge is 0.283 e. The van der Waals surface area contributed by atoms with Crippen LogP contribution < -0.4 is 0 Å². The van der Waals surface area contributed by atoms with Crippen molar-refractivity contribution in [3.05, 3.63) is 91.4 Å². The molecule has 3 aromatic carbocycles. The third-order valence-electron chi connectivity index (χ3n) is 4.40. The Morgan fingerprint density at radius 2 is 1.31 bits per heavy atom. The van der Waals surface area contributed by atoms with E-state index in [0.29, 0.717) is 0 Å². The van der Waals surface area contributed by atoms with Crippen LogP contribution in [-0.4, -0.2) is 23.2 Å². The zero-order chi connectivity index (χ0) is 21.6. The van der Waals surface area contributed by atoms with Gasteiger partial charge in [0, 0.05) is 21.2 Å². The lowest BCUT2D eigenvalue weighted by Gasteiger charge is -2.34. The third kappa shape index (κ3) is 3.65. The van der Waals surface area contributed by atoms with Crippen LogP contribution in [0.2, 0.25) is 20.1 Å². The van der Waals surface area contributed by atoms with Crippen LogP contribution in [0.15, 0.2) is 54.6 Å². The molecule has 0 heterocycles. The Labute approximate surface area is 186 Å². The van der Waals surface area contributed by atoms with Gasteiger partial charge in [-0.25, -0.2) is 0 Å². The summed E-state index contributed by atoms with van der Waals surface area (Å²) in [5.41, 5.74) is -0.857. The van der Waals surface area contributed by atoms with Gasteiger partial charge in [-0.05, 0) is 48.0 Å². The average Bonchev–Trinajstić information content (AvgIpc) is 2.64. The van der Waals surface area contributed by atoms with E-state index in [1.165, 1.54) is 36.4 Å². The second-order valence-electron chi connectivity index (χ2n) is 6.08. The van der Waals surface area contributed by atoms with E-state index in [4.69, 9.17) is 46.4 Å². The molecule has 0 aliphatic rings. The molecule has 0 amide bonds. The molecule has 3 N–H and O–H groups in total. The number of rotatable bonds is 4. The second kappa shape index (κ2) is 7.87. The van der Waals surface area contributed by atoms with Crippen molar-refractivity contribution in [3.63, 3.8) is 0 Å². The Balaban J connectivity index is 2.65. The van der Waals surface area contributed by atoms with Crippen molar-refractivity contribution in [1.29, 1.82) is 0 Å². The molecule has 0 saturated heterocycles. The van der Waals surface area contributed by atoms with Gasteiger partial charge in [0.25, 0.3) is 10.1 Å². The molecule has 0 aliphatic heterocycles. The van der Waals surface area contributed by atoms with Crippen LogP contribution in [0.4, 0.5) is 0 Å². The van der Waals surface area contributed by atoms with Crippen LogP contribution in [0, 0.1) is 0 Å². The molecule has 0 aliphatic carbocycles. The van der Waals surface area contributed by atoms with E-state index in [9.17, 15) is 23.2 Å². The van der Waals surface area contributed by atoms with Crippen molar-refractivity contribution < 1.29 is 23.2 Å². The summed E-state index contributed by atoms with van der Waals surface area (Å²) in [6.07, 6.45) is 0. The van der Waals surface area contributed by atoms with Gasteiger partial charge in [-0.3, -0.25) is 4.55 Å². The highest BCUT2D eigenvalue weighted by Crippen LogP contribution is 2.53. The third-order valence-corrected chi connectivity index (χ3v) is 7.13. The van der Waals surface area contributed by atoms with Gasteiger partial charge in [0.15, 0.2) is 4.75 Å². The van der Waals surface area contributed by atoms with E-state index in [-0.39, 0.29) is 31.2 Å². The predicted octanol–water partition coefficient (Wildman–Crippen LogP) is 5.89. The van der Waals surface area contributed by atoms with Gasteiger partial charge in [0.05, 0.1) is 10.0 Å². The van der Waals surface area contributed by atoms with E-state index in [1.54, 1.807) is 0 Å². The number of aromatic hydroxyl groups is 2. The molecule has 152 valence electrons. The lowest BCUT2D eigenvalue weighted by molar-refractivity contribution is 0.428. The standard InChI is InChI=1S/C19H12Cl4O5S/c20-11-3-1-10(2-4-11)19(29(26,27)28,13-9-12(21)5-7-15(13)24)17-16(25)8-6-14(22)18(17)23/h1-9,24-25H,(H,26,27,28). The van der Waals surface area contributed by atoms with Crippen molar-refractivity contribution >= 4 is 56.5 Å². The molecular formula is C19H12Cl4O5S. The molecule has 0 saturated carbocycles. The highest BCUT2D eigenvalue weighted by atomic mass is 35.5. The quantitative estimate of drug-likeness (QED) is 0.311. The van der Waals surface area contributed by atoms with Crippen LogP contribution in [0.5, 0.6) is 11.5 Å². The first-order chi connectivity index (χ1) is 13.5. The maximum Gasteiger partial charge on any atom is 0.283 e. The normalized spacial score (nSPS) is 13.8. The first-order valence-corrected chi connectivity index (χ1v) is 10.8. The monoisotopic (exact) mass is 492 g/mol. The van der Waals surface area contributed by atoms with Crippen LogP contribution in [0.25, 0.3) is 0 Å². The summed E-state index contributed by atoms with van der Waals surface area (Å²) in [7, 11) is -5.16. The summed E-state index contributed by atoms with van der Waals surface area (Å²) in [6, 6.07) is 11.4. The van der Waals surface area contributed by atoms with Gasteiger partial charge in [-0.2, -0.15) is 8.42 Å². The van der Waals surface area contributed by atoms with Crippen molar-refractivity contribution in [3.8, 4) is 11.5 Å². The van der Waals surface area contributed by atoms with Crippen LogP contribution >= 0.6 is 46.4 Å². The first kappa shape index (κ1) is 22.0. The molecule has 0 spiro atoms. The minimum absolute atomic E-state index is 0.0671. The fourth-order valence-electron chi connectivity index (χ4n) is 3.20. The Kier molecular flexibility index (Phi) is 5.98. The summed E-state index contributed by atoms with van der Waals surface area (Å²) in [4.78, 5) is 0. The Morgan fingerprint density at radius 3 is 1.90 bits per heavy atom. The Hall–Kier alpha value is -1.67. The Bertz CT molecular complexity index is 1200. The van der Waals surface area contributed by atoms with Gasteiger partial charge in [0.1, 0.15) is 11.5 Å². The first-order valence-electron chi connectivity index (χ1n) is 7.89. The van der Waals surface area contributed by atoms with Crippen molar-refractivity contribution in [2.75, 3.05) is 0 Å². The molecule has 3 aromatic rings. The molecule has 5 nitrogen and oxygen atoms in total. The molecule has 1 unspecified atom stereocenters.